The summed E-state index contributed by atoms with van der Waals surface area (Å²) in [6.07, 6.45) is 0. The third-order valence-corrected chi connectivity index (χ3v) is 3.03. The van der Waals surface area contributed by atoms with Crippen LogP contribution >= 0.6 is 0 Å². The van der Waals surface area contributed by atoms with E-state index in [4.69, 9.17) is 16.2 Å². The number of ether oxygens (including phenoxy) is 1. The Morgan fingerprint density at radius 2 is 1.90 bits per heavy atom. The summed E-state index contributed by atoms with van der Waals surface area (Å²) in [6.45, 7) is 1.48. The fraction of sp³-hybridized carbons (Fsp3) is 0.133. The van der Waals surface area contributed by atoms with Crippen LogP contribution < -0.4 is 16.2 Å². The monoisotopic (exact) mass is 292 g/mol. The maximum absolute atomic E-state index is 13.7. The van der Waals surface area contributed by atoms with Crippen LogP contribution in [0, 0.1) is 18.6 Å². The summed E-state index contributed by atoms with van der Waals surface area (Å²) in [5.74, 6) is -1.91. The minimum absolute atomic E-state index is 0.0365. The van der Waals surface area contributed by atoms with Gasteiger partial charge in [0.15, 0.2) is 11.6 Å². The Bertz CT molecular complexity index is 702. The molecule has 4 nitrogen and oxygen atoms in total. The lowest BCUT2D eigenvalue weighted by molar-refractivity contribution is 0.1000. The van der Waals surface area contributed by atoms with Gasteiger partial charge in [0.25, 0.3) is 0 Å². The summed E-state index contributed by atoms with van der Waals surface area (Å²) in [5.41, 5.74) is 11.9. The highest BCUT2D eigenvalue weighted by Gasteiger charge is 2.11. The van der Waals surface area contributed by atoms with Gasteiger partial charge in [0.05, 0.1) is 0 Å². The van der Waals surface area contributed by atoms with Crippen molar-refractivity contribution in [3.8, 4) is 5.75 Å². The molecule has 1 amide bonds. The van der Waals surface area contributed by atoms with Gasteiger partial charge in [0.1, 0.15) is 12.4 Å². The lowest BCUT2D eigenvalue weighted by atomic mass is 10.1. The molecule has 110 valence electrons. The topological polar surface area (TPSA) is 78.3 Å². The van der Waals surface area contributed by atoms with E-state index in [0.29, 0.717) is 11.3 Å². The van der Waals surface area contributed by atoms with Gasteiger partial charge in [0.2, 0.25) is 5.91 Å². The summed E-state index contributed by atoms with van der Waals surface area (Å²) in [5, 5.41) is 0. The number of primary amides is 1. The average Bonchev–Trinajstić information content (AvgIpc) is 2.42. The van der Waals surface area contributed by atoms with Gasteiger partial charge in [0, 0.05) is 22.9 Å². The Kier molecular flexibility index (Phi) is 4.07. The third kappa shape index (κ3) is 3.28. The second-order valence-electron chi connectivity index (χ2n) is 4.60. The van der Waals surface area contributed by atoms with Gasteiger partial charge in [-0.05, 0) is 36.8 Å². The van der Waals surface area contributed by atoms with E-state index in [0.717, 1.165) is 12.1 Å². The number of nitrogens with two attached hydrogens (primary N) is 2. The summed E-state index contributed by atoms with van der Waals surface area (Å²) >= 11 is 0. The molecule has 0 aliphatic rings. The standard InChI is InChI=1S/C15H14F2N2O2/c1-8-4-14(12(17)6-13(8)18)21-7-10-5-9(15(19)20)2-3-11(10)16/h2-6H,7,18H2,1H3,(H2,19,20). The van der Waals surface area contributed by atoms with Crippen LogP contribution in [0.3, 0.4) is 0 Å². The smallest absolute Gasteiger partial charge is 0.248 e. The lowest BCUT2D eigenvalue weighted by Crippen LogP contribution is -2.12. The fourth-order valence-corrected chi connectivity index (χ4v) is 1.78. The minimum Gasteiger partial charge on any atom is -0.486 e. The fourth-order valence-electron chi connectivity index (χ4n) is 1.78. The number of carbonyl (C=O) groups is 1. The van der Waals surface area contributed by atoms with Crippen LogP contribution in [0.2, 0.25) is 0 Å². The first-order valence-electron chi connectivity index (χ1n) is 6.15. The number of anilines is 1. The van der Waals surface area contributed by atoms with E-state index in [1.807, 2.05) is 0 Å². The molecule has 0 radical (unpaired) electrons. The van der Waals surface area contributed by atoms with Gasteiger partial charge < -0.3 is 16.2 Å². The Hall–Kier alpha value is -2.63. The molecule has 2 aromatic rings. The molecule has 0 heterocycles. The van der Waals surface area contributed by atoms with E-state index >= 15 is 0 Å². The number of rotatable bonds is 4. The number of carbonyl (C=O) groups excluding carboxylic acids is 1. The van der Waals surface area contributed by atoms with Gasteiger partial charge in [-0.2, -0.15) is 0 Å². The second-order valence-corrected chi connectivity index (χ2v) is 4.60. The number of nitrogen functional groups attached to an aromatic ring is 1. The highest BCUT2D eigenvalue weighted by molar-refractivity contribution is 5.92. The van der Waals surface area contributed by atoms with Crippen molar-refractivity contribution in [1.29, 1.82) is 0 Å². The number of halogens is 2. The van der Waals surface area contributed by atoms with Crippen molar-refractivity contribution in [1.82, 2.24) is 0 Å². The van der Waals surface area contributed by atoms with Crippen molar-refractivity contribution in [2.75, 3.05) is 5.73 Å². The molecule has 4 N–H and O–H groups in total. The van der Waals surface area contributed by atoms with E-state index < -0.39 is 17.5 Å². The van der Waals surface area contributed by atoms with Crippen LogP contribution in [0.25, 0.3) is 0 Å². The van der Waals surface area contributed by atoms with Gasteiger partial charge in [-0.3, -0.25) is 4.79 Å². The Morgan fingerprint density at radius 3 is 2.57 bits per heavy atom. The average molecular weight is 292 g/mol. The third-order valence-electron chi connectivity index (χ3n) is 3.03. The first-order chi connectivity index (χ1) is 9.88. The summed E-state index contributed by atoms with van der Waals surface area (Å²) < 4.78 is 32.6. The quantitative estimate of drug-likeness (QED) is 0.850. The van der Waals surface area contributed by atoms with Crippen LogP contribution in [0.15, 0.2) is 30.3 Å². The van der Waals surface area contributed by atoms with Crippen molar-refractivity contribution in [3.05, 3.63) is 58.7 Å². The lowest BCUT2D eigenvalue weighted by Gasteiger charge is -2.11. The Morgan fingerprint density at radius 1 is 1.19 bits per heavy atom. The molecule has 0 spiro atoms. The predicted molar refractivity (Wildman–Crippen MR) is 74.8 cm³/mol. The molecule has 0 atom stereocenters. The molecular formula is C15H14F2N2O2. The molecule has 2 rings (SSSR count). The Labute approximate surface area is 120 Å². The maximum Gasteiger partial charge on any atom is 0.248 e. The summed E-state index contributed by atoms with van der Waals surface area (Å²) in [7, 11) is 0. The van der Waals surface area contributed by atoms with E-state index in [9.17, 15) is 13.6 Å². The normalized spacial score (nSPS) is 10.4. The number of benzene rings is 2. The minimum atomic E-state index is -0.675. The second kappa shape index (κ2) is 5.78. The molecule has 0 aliphatic heterocycles. The van der Waals surface area contributed by atoms with Crippen molar-refractivity contribution >= 4 is 11.6 Å². The number of hydrogen-bond acceptors (Lipinski definition) is 3. The van der Waals surface area contributed by atoms with Gasteiger partial charge >= 0.3 is 0 Å². The van der Waals surface area contributed by atoms with E-state index in [1.54, 1.807) is 6.92 Å². The molecule has 0 fully saturated rings. The number of amides is 1. The zero-order chi connectivity index (χ0) is 15.6. The maximum atomic E-state index is 13.7. The molecule has 0 saturated carbocycles. The molecular weight excluding hydrogens is 278 g/mol. The first kappa shape index (κ1) is 14.8. The van der Waals surface area contributed by atoms with Crippen LogP contribution in [-0.2, 0) is 6.61 Å². The zero-order valence-corrected chi connectivity index (χ0v) is 11.3. The number of aryl methyl sites for hydroxylation is 1. The molecule has 2 aromatic carbocycles. The molecule has 21 heavy (non-hydrogen) atoms. The molecule has 0 bridgehead atoms. The first-order valence-corrected chi connectivity index (χ1v) is 6.15. The van der Waals surface area contributed by atoms with Crippen molar-refractivity contribution in [2.24, 2.45) is 5.73 Å². The largest absolute Gasteiger partial charge is 0.486 e. The highest BCUT2D eigenvalue weighted by Crippen LogP contribution is 2.24. The summed E-state index contributed by atoms with van der Waals surface area (Å²) in [4.78, 5) is 11.1. The molecule has 0 saturated heterocycles. The van der Waals surface area contributed by atoms with E-state index in [1.165, 1.54) is 18.2 Å². The summed E-state index contributed by atoms with van der Waals surface area (Å²) in [6, 6.07) is 6.24. The van der Waals surface area contributed by atoms with E-state index in [2.05, 4.69) is 0 Å². The highest BCUT2D eigenvalue weighted by atomic mass is 19.1. The van der Waals surface area contributed by atoms with Gasteiger partial charge in [-0.25, -0.2) is 8.78 Å². The van der Waals surface area contributed by atoms with Crippen LogP contribution in [0.5, 0.6) is 5.75 Å². The van der Waals surface area contributed by atoms with Gasteiger partial charge in [-0.1, -0.05) is 0 Å². The van der Waals surface area contributed by atoms with E-state index in [-0.39, 0.29) is 23.5 Å². The van der Waals surface area contributed by atoms with Crippen LogP contribution in [-0.4, -0.2) is 5.91 Å². The van der Waals surface area contributed by atoms with Crippen LogP contribution in [0.4, 0.5) is 14.5 Å². The zero-order valence-electron chi connectivity index (χ0n) is 11.3. The van der Waals surface area contributed by atoms with Crippen molar-refractivity contribution < 1.29 is 18.3 Å². The SMILES string of the molecule is Cc1cc(OCc2cc(C(N)=O)ccc2F)c(F)cc1N. The predicted octanol–water partition coefficient (Wildman–Crippen LogP) is 2.53. The Balaban J connectivity index is 2.22. The van der Waals surface area contributed by atoms with Crippen molar-refractivity contribution in [2.45, 2.75) is 13.5 Å². The van der Waals surface area contributed by atoms with Crippen molar-refractivity contribution in [3.63, 3.8) is 0 Å². The van der Waals surface area contributed by atoms with Crippen LogP contribution in [0.1, 0.15) is 21.5 Å². The molecule has 0 aliphatic carbocycles. The molecule has 0 aromatic heterocycles. The number of hydrogen-bond donors (Lipinski definition) is 2. The molecule has 6 heteroatoms. The molecule has 0 unspecified atom stereocenters. The van der Waals surface area contributed by atoms with Gasteiger partial charge in [-0.15, -0.1) is 0 Å².